The molecule has 92 valence electrons. The number of hydrogen-bond acceptors (Lipinski definition) is 3. The monoisotopic (exact) mass is 251 g/mol. The van der Waals surface area contributed by atoms with E-state index >= 15 is 0 Å². The summed E-state index contributed by atoms with van der Waals surface area (Å²) in [5.74, 6) is 1.29. The van der Waals surface area contributed by atoms with Crippen molar-refractivity contribution in [2.45, 2.75) is 19.4 Å². The van der Waals surface area contributed by atoms with Gasteiger partial charge in [0.15, 0.2) is 0 Å². The van der Waals surface area contributed by atoms with E-state index in [0.29, 0.717) is 6.54 Å². The van der Waals surface area contributed by atoms with Crippen molar-refractivity contribution in [3.8, 4) is 5.75 Å². The predicted octanol–water partition coefficient (Wildman–Crippen LogP) is 1.90. The van der Waals surface area contributed by atoms with Gasteiger partial charge in [0.2, 0.25) is 5.91 Å². The third kappa shape index (κ3) is 2.94. The van der Waals surface area contributed by atoms with Crippen molar-refractivity contribution in [1.82, 2.24) is 4.90 Å². The molecule has 0 aliphatic carbocycles. The summed E-state index contributed by atoms with van der Waals surface area (Å²) in [6.07, 6.45) is 2.13. The summed E-state index contributed by atoms with van der Waals surface area (Å²) in [6.45, 7) is 1.44. The lowest BCUT2D eigenvalue weighted by atomic mass is 10.0. The number of thiol groups is 1. The number of amides is 1. The molecule has 0 N–H and O–H groups in total. The number of nitrogens with zero attached hydrogens (tertiary/aromatic N) is 1. The first-order valence-electron chi connectivity index (χ1n) is 5.80. The molecule has 3 nitrogen and oxygen atoms in total. The van der Waals surface area contributed by atoms with Crippen LogP contribution in [0.15, 0.2) is 18.2 Å². The highest BCUT2D eigenvalue weighted by Gasteiger charge is 2.12. The highest BCUT2D eigenvalue weighted by Crippen LogP contribution is 2.25. The van der Waals surface area contributed by atoms with Crippen LogP contribution in [0.2, 0.25) is 0 Å². The van der Waals surface area contributed by atoms with Gasteiger partial charge in [-0.1, -0.05) is 12.1 Å². The van der Waals surface area contributed by atoms with Crippen molar-refractivity contribution >= 4 is 18.5 Å². The summed E-state index contributed by atoms with van der Waals surface area (Å²) in [5.41, 5.74) is 2.40. The Labute approximate surface area is 107 Å². The molecule has 1 aromatic rings. The zero-order chi connectivity index (χ0) is 12.3. The predicted molar refractivity (Wildman–Crippen MR) is 70.6 cm³/mol. The summed E-state index contributed by atoms with van der Waals surface area (Å²) < 4.78 is 5.56. The molecule has 1 aromatic carbocycles. The molecule has 2 rings (SSSR count). The molecule has 1 amide bonds. The highest BCUT2D eigenvalue weighted by atomic mass is 32.1. The van der Waals surface area contributed by atoms with Crippen LogP contribution in [0.25, 0.3) is 0 Å². The Morgan fingerprint density at radius 1 is 1.53 bits per heavy atom. The van der Waals surface area contributed by atoms with Gasteiger partial charge in [0, 0.05) is 13.6 Å². The van der Waals surface area contributed by atoms with Crippen LogP contribution in [0.3, 0.4) is 0 Å². The zero-order valence-electron chi connectivity index (χ0n) is 9.98. The topological polar surface area (TPSA) is 29.5 Å². The minimum atomic E-state index is 0.0438. The molecule has 0 bridgehead atoms. The minimum Gasteiger partial charge on any atom is -0.493 e. The normalized spacial score (nSPS) is 13.8. The van der Waals surface area contributed by atoms with Gasteiger partial charge in [-0.05, 0) is 30.0 Å². The van der Waals surface area contributed by atoms with Gasteiger partial charge < -0.3 is 9.64 Å². The van der Waals surface area contributed by atoms with Crippen LogP contribution in [0.4, 0.5) is 0 Å². The second kappa shape index (κ2) is 5.45. The molecule has 0 aromatic heterocycles. The smallest absolute Gasteiger partial charge is 0.232 e. The molecule has 0 atom stereocenters. The molecule has 0 radical (unpaired) electrons. The number of carbonyl (C=O) groups is 1. The quantitative estimate of drug-likeness (QED) is 0.831. The molecule has 0 spiro atoms. The van der Waals surface area contributed by atoms with Gasteiger partial charge in [0.25, 0.3) is 0 Å². The van der Waals surface area contributed by atoms with Crippen molar-refractivity contribution in [2.24, 2.45) is 0 Å². The summed E-state index contributed by atoms with van der Waals surface area (Å²) in [4.78, 5) is 13.1. The first kappa shape index (κ1) is 12.3. The van der Waals surface area contributed by atoms with Crippen LogP contribution in [0, 0.1) is 0 Å². The Balaban J connectivity index is 2.09. The fourth-order valence-electron chi connectivity index (χ4n) is 1.99. The lowest BCUT2D eigenvalue weighted by Crippen LogP contribution is -2.27. The summed E-state index contributed by atoms with van der Waals surface area (Å²) in [5, 5.41) is 0. The van der Waals surface area contributed by atoms with Crippen LogP contribution in [0.5, 0.6) is 5.75 Å². The van der Waals surface area contributed by atoms with Gasteiger partial charge in [-0.15, -0.1) is 0 Å². The number of carbonyl (C=O) groups excluding carboxylic acids is 1. The van der Waals surface area contributed by atoms with E-state index in [1.165, 1.54) is 5.56 Å². The van der Waals surface area contributed by atoms with Crippen LogP contribution in [-0.4, -0.2) is 30.2 Å². The zero-order valence-corrected chi connectivity index (χ0v) is 10.9. The van der Waals surface area contributed by atoms with Gasteiger partial charge in [-0.2, -0.15) is 12.6 Å². The molecule has 17 heavy (non-hydrogen) atoms. The lowest BCUT2D eigenvalue weighted by molar-refractivity contribution is -0.127. The molecule has 1 aliphatic rings. The third-order valence-corrected chi connectivity index (χ3v) is 3.22. The van der Waals surface area contributed by atoms with E-state index in [-0.39, 0.29) is 11.7 Å². The number of benzene rings is 1. The van der Waals surface area contributed by atoms with E-state index in [0.717, 1.165) is 30.8 Å². The number of aryl methyl sites for hydroxylation is 1. The van der Waals surface area contributed by atoms with Crippen molar-refractivity contribution < 1.29 is 9.53 Å². The largest absolute Gasteiger partial charge is 0.493 e. The standard InChI is InChI=1S/C13H17NO2S/c1-14(13(15)9-17)8-10-4-5-12-11(7-10)3-2-6-16-12/h4-5,7,17H,2-3,6,8-9H2,1H3. The molecule has 0 fully saturated rings. The fourth-order valence-corrected chi connectivity index (χ4v) is 2.24. The molecule has 4 heteroatoms. The molecule has 1 heterocycles. The SMILES string of the molecule is CN(Cc1ccc2c(c1)CCCO2)C(=O)CS. The second-order valence-electron chi connectivity index (χ2n) is 4.30. The van der Waals surface area contributed by atoms with E-state index in [1.54, 1.807) is 11.9 Å². The van der Waals surface area contributed by atoms with Gasteiger partial charge in [-0.25, -0.2) is 0 Å². The number of rotatable bonds is 3. The Morgan fingerprint density at radius 3 is 3.12 bits per heavy atom. The van der Waals surface area contributed by atoms with E-state index in [4.69, 9.17) is 4.74 Å². The van der Waals surface area contributed by atoms with Crippen molar-refractivity contribution in [2.75, 3.05) is 19.4 Å². The van der Waals surface area contributed by atoms with E-state index in [9.17, 15) is 4.79 Å². The van der Waals surface area contributed by atoms with Crippen molar-refractivity contribution in [3.05, 3.63) is 29.3 Å². The lowest BCUT2D eigenvalue weighted by Gasteiger charge is -2.20. The Hall–Kier alpha value is -1.16. The molecule has 1 aliphatic heterocycles. The summed E-state index contributed by atoms with van der Waals surface area (Å²) >= 11 is 3.99. The Kier molecular flexibility index (Phi) is 3.94. The minimum absolute atomic E-state index is 0.0438. The fraction of sp³-hybridized carbons (Fsp3) is 0.462. The third-order valence-electron chi connectivity index (χ3n) is 2.95. The summed E-state index contributed by atoms with van der Waals surface area (Å²) in [7, 11) is 1.80. The Bertz CT molecular complexity index is 420. The molecular weight excluding hydrogens is 234 g/mol. The maximum absolute atomic E-state index is 11.4. The molecule has 0 saturated carbocycles. The van der Waals surface area contributed by atoms with Gasteiger partial charge in [-0.3, -0.25) is 4.79 Å². The van der Waals surface area contributed by atoms with Gasteiger partial charge in [0.1, 0.15) is 5.75 Å². The number of ether oxygens (including phenoxy) is 1. The summed E-state index contributed by atoms with van der Waals surface area (Å²) in [6, 6.07) is 6.16. The van der Waals surface area contributed by atoms with Crippen LogP contribution >= 0.6 is 12.6 Å². The molecule has 0 saturated heterocycles. The highest BCUT2D eigenvalue weighted by molar-refractivity contribution is 7.81. The maximum Gasteiger partial charge on any atom is 0.232 e. The maximum atomic E-state index is 11.4. The average molecular weight is 251 g/mol. The van der Waals surface area contributed by atoms with Crippen LogP contribution in [0.1, 0.15) is 17.5 Å². The van der Waals surface area contributed by atoms with Crippen LogP contribution in [-0.2, 0) is 17.8 Å². The van der Waals surface area contributed by atoms with E-state index < -0.39 is 0 Å². The first-order valence-corrected chi connectivity index (χ1v) is 6.43. The van der Waals surface area contributed by atoms with Crippen molar-refractivity contribution in [1.29, 1.82) is 0 Å². The van der Waals surface area contributed by atoms with Crippen LogP contribution < -0.4 is 4.74 Å². The van der Waals surface area contributed by atoms with E-state index in [1.807, 2.05) is 12.1 Å². The van der Waals surface area contributed by atoms with Gasteiger partial charge in [0.05, 0.1) is 12.4 Å². The molecule has 0 unspecified atom stereocenters. The van der Waals surface area contributed by atoms with Gasteiger partial charge >= 0.3 is 0 Å². The van der Waals surface area contributed by atoms with E-state index in [2.05, 4.69) is 18.7 Å². The Morgan fingerprint density at radius 2 is 2.35 bits per heavy atom. The number of hydrogen-bond donors (Lipinski definition) is 1. The molecular formula is C13H17NO2S. The first-order chi connectivity index (χ1) is 8.20. The second-order valence-corrected chi connectivity index (χ2v) is 4.62. The average Bonchev–Trinajstić information content (AvgIpc) is 2.37. The number of fused-ring (bicyclic) bond motifs is 1. The van der Waals surface area contributed by atoms with Crippen molar-refractivity contribution in [3.63, 3.8) is 0 Å².